The highest BCUT2D eigenvalue weighted by Crippen LogP contribution is 2.29. The van der Waals surface area contributed by atoms with E-state index < -0.39 is 24.3 Å². The van der Waals surface area contributed by atoms with Gasteiger partial charge in [-0.3, -0.25) is 9.78 Å². The number of aromatic nitrogens is 1. The van der Waals surface area contributed by atoms with Crippen LogP contribution in [0.3, 0.4) is 0 Å². The van der Waals surface area contributed by atoms with E-state index >= 15 is 0 Å². The Balaban J connectivity index is 2.47. The fourth-order valence-electron chi connectivity index (χ4n) is 1.06. The van der Waals surface area contributed by atoms with Crippen LogP contribution in [-0.4, -0.2) is 33.6 Å². The number of aromatic hydroxyl groups is 2. The standard InChI is InChI=1S/C11H15NO7/c1-5(2)10(15)17-6(3)18-11(16)19-7-4-8(13)12-9(7)14/h4-6,12-14H,1-3H3/t6-/m1/s1. The average molecular weight is 273 g/mol. The largest absolute Gasteiger partial charge is 0.517 e. The van der Waals surface area contributed by atoms with Crippen molar-refractivity contribution in [2.45, 2.75) is 27.1 Å². The minimum Gasteiger partial charge on any atom is -0.494 e. The lowest BCUT2D eigenvalue weighted by molar-refractivity contribution is -0.170. The van der Waals surface area contributed by atoms with Gasteiger partial charge in [0.15, 0.2) is 11.6 Å². The van der Waals surface area contributed by atoms with E-state index in [9.17, 15) is 14.7 Å². The molecule has 1 atom stereocenters. The molecule has 0 aromatic carbocycles. The van der Waals surface area contributed by atoms with Crippen LogP contribution in [0.25, 0.3) is 0 Å². The molecule has 0 bridgehead atoms. The molecule has 0 aliphatic heterocycles. The number of hydrogen-bond acceptors (Lipinski definition) is 7. The number of esters is 1. The number of ether oxygens (including phenoxy) is 3. The maximum atomic E-state index is 11.3. The van der Waals surface area contributed by atoms with Gasteiger partial charge in [0.1, 0.15) is 0 Å². The van der Waals surface area contributed by atoms with E-state index in [-0.39, 0.29) is 17.5 Å². The van der Waals surface area contributed by atoms with Gasteiger partial charge in [0.2, 0.25) is 12.2 Å². The summed E-state index contributed by atoms with van der Waals surface area (Å²) < 4.78 is 14.0. The Bertz CT molecular complexity index is 466. The molecule has 0 radical (unpaired) electrons. The Morgan fingerprint density at radius 3 is 2.32 bits per heavy atom. The molecule has 0 fully saturated rings. The van der Waals surface area contributed by atoms with Crippen LogP contribution in [0, 0.1) is 5.92 Å². The summed E-state index contributed by atoms with van der Waals surface area (Å²) in [6.45, 7) is 4.61. The lowest BCUT2D eigenvalue weighted by Gasteiger charge is -2.14. The van der Waals surface area contributed by atoms with Gasteiger partial charge in [-0.05, 0) is 0 Å². The van der Waals surface area contributed by atoms with E-state index in [1.54, 1.807) is 13.8 Å². The number of nitrogens with one attached hydrogen (secondary N) is 1. The second kappa shape index (κ2) is 5.98. The monoisotopic (exact) mass is 273 g/mol. The molecule has 0 saturated carbocycles. The second-order valence-electron chi connectivity index (χ2n) is 4.00. The van der Waals surface area contributed by atoms with Crippen LogP contribution in [0.5, 0.6) is 17.5 Å². The van der Waals surface area contributed by atoms with E-state index in [4.69, 9.17) is 9.84 Å². The van der Waals surface area contributed by atoms with Crippen LogP contribution in [0.15, 0.2) is 6.07 Å². The van der Waals surface area contributed by atoms with Gasteiger partial charge in [-0.25, -0.2) is 4.79 Å². The number of hydrogen-bond donors (Lipinski definition) is 3. The van der Waals surface area contributed by atoms with E-state index in [1.165, 1.54) is 6.92 Å². The highest BCUT2D eigenvalue weighted by atomic mass is 16.8. The minimum absolute atomic E-state index is 0.301. The fraction of sp³-hybridized carbons (Fsp3) is 0.455. The maximum Gasteiger partial charge on any atom is 0.517 e. The molecule has 0 aliphatic rings. The molecule has 8 heteroatoms. The quantitative estimate of drug-likeness (QED) is 0.561. The van der Waals surface area contributed by atoms with Crippen molar-refractivity contribution in [3.8, 4) is 17.5 Å². The van der Waals surface area contributed by atoms with Crippen molar-refractivity contribution in [2.24, 2.45) is 5.92 Å². The SMILES string of the molecule is CC(C)C(=O)O[C@@H](C)OC(=O)Oc1cc(O)[nH]c1O. The van der Waals surface area contributed by atoms with Crippen LogP contribution in [-0.2, 0) is 14.3 Å². The van der Waals surface area contributed by atoms with Gasteiger partial charge in [-0.1, -0.05) is 13.8 Å². The predicted octanol–water partition coefficient (Wildman–Crippen LogP) is 1.49. The van der Waals surface area contributed by atoms with Gasteiger partial charge in [0.25, 0.3) is 0 Å². The zero-order valence-electron chi connectivity index (χ0n) is 10.7. The molecule has 1 aromatic heterocycles. The first kappa shape index (κ1) is 14.7. The fourth-order valence-corrected chi connectivity index (χ4v) is 1.06. The molecule has 0 saturated heterocycles. The summed E-state index contributed by atoms with van der Waals surface area (Å²) in [6, 6.07) is 0.987. The average Bonchev–Trinajstić information content (AvgIpc) is 2.56. The van der Waals surface area contributed by atoms with E-state index in [0.717, 1.165) is 6.07 Å². The number of carbonyl (C=O) groups is 2. The number of aromatic amines is 1. The zero-order valence-corrected chi connectivity index (χ0v) is 10.7. The molecule has 0 amide bonds. The smallest absolute Gasteiger partial charge is 0.494 e. The molecule has 1 rings (SSSR count). The molecule has 0 aliphatic carbocycles. The van der Waals surface area contributed by atoms with Crippen molar-refractivity contribution in [1.82, 2.24) is 4.98 Å². The van der Waals surface area contributed by atoms with Crippen molar-refractivity contribution in [1.29, 1.82) is 0 Å². The Morgan fingerprint density at radius 1 is 1.21 bits per heavy atom. The highest BCUT2D eigenvalue weighted by molar-refractivity contribution is 5.72. The van der Waals surface area contributed by atoms with Crippen LogP contribution in [0.4, 0.5) is 4.79 Å². The van der Waals surface area contributed by atoms with E-state index in [0.29, 0.717) is 0 Å². The summed E-state index contributed by atoms with van der Waals surface area (Å²) in [5.74, 6) is -2.08. The topological polar surface area (TPSA) is 118 Å². The van der Waals surface area contributed by atoms with Gasteiger partial charge in [0.05, 0.1) is 5.92 Å². The molecule has 3 N–H and O–H groups in total. The number of H-pyrrole nitrogens is 1. The van der Waals surface area contributed by atoms with Crippen LogP contribution >= 0.6 is 0 Å². The van der Waals surface area contributed by atoms with E-state index in [1.807, 2.05) is 0 Å². The lowest BCUT2D eigenvalue weighted by atomic mass is 10.2. The van der Waals surface area contributed by atoms with Gasteiger partial charge < -0.3 is 24.4 Å². The molecule has 106 valence electrons. The summed E-state index contributed by atoms with van der Waals surface area (Å²) in [7, 11) is 0. The zero-order chi connectivity index (χ0) is 14.6. The van der Waals surface area contributed by atoms with Gasteiger partial charge in [0, 0.05) is 13.0 Å². The van der Waals surface area contributed by atoms with Crippen LogP contribution < -0.4 is 4.74 Å². The third-order valence-electron chi connectivity index (χ3n) is 1.96. The number of carbonyl (C=O) groups excluding carboxylic acids is 2. The molecule has 1 aromatic rings. The minimum atomic E-state index is -1.18. The number of rotatable bonds is 4. The molecular weight excluding hydrogens is 258 g/mol. The first-order valence-electron chi connectivity index (χ1n) is 5.49. The first-order chi connectivity index (χ1) is 8.79. The van der Waals surface area contributed by atoms with Crippen molar-refractivity contribution >= 4 is 12.1 Å². The Kier molecular flexibility index (Phi) is 4.62. The van der Waals surface area contributed by atoms with Crippen molar-refractivity contribution in [3.05, 3.63) is 6.07 Å². The molecule has 8 nitrogen and oxygen atoms in total. The van der Waals surface area contributed by atoms with Gasteiger partial charge in [-0.2, -0.15) is 0 Å². The normalized spacial score (nSPS) is 12.0. The van der Waals surface area contributed by atoms with E-state index in [2.05, 4.69) is 14.5 Å². The summed E-state index contributed by atoms with van der Waals surface area (Å²) in [5, 5.41) is 18.2. The van der Waals surface area contributed by atoms with Crippen molar-refractivity contribution in [2.75, 3.05) is 0 Å². The third-order valence-corrected chi connectivity index (χ3v) is 1.96. The molecule has 19 heavy (non-hydrogen) atoms. The lowest BCUT2D eigenvalue weighted by Crippen LogP contribution is -2.25. The molecular formula is C11H15NO7. The molecule has 0 unspecified atom stereocenters. The van der Waals surface area contributed by atoms with Crippen molar-refractivity contribution < 1.29 is 34.0 Å². The summed E-state index contributed by atoms with van der Waals surface area (Å²) in [6.07, 6.45) is -2.31. The van der Waals surface area contributed by atoms with Crippen molar-refractivity contribution in [3.63, 3.8) is 0 Å². The first-order valence-corrected chi connectivity index (χ1v) is 5.49. The molecule has 0 spiro atoms. The predicted molar refractivity (Wildman–Crippen MR) is 61.6 cm³/mol. The Labute approximate surface area is 108 Å². The third kappa shape index (κ3) is 4.41. The maximum absolute atomic E-state index is 11.3. The summed E-state index contributed by atoms with van der Waals surface area (Å²) in [5.41, 5.74) is 0. The van der Waals surface area contributed by atoms with Crippen LogP contribution in [0.2, 0.25) is 0 Å². The van der Waals surface area contributed by atoms with Gasteiger partial charge in [-0.15, -0.1) is 0 Å². The summed E-state index contributed by atoms with van der Waals surface area (Å²) in [4.78, 5) is 24.6. The Morgan fingerprint density at radius 2 is 1.84 bits per heavy atom. The summed E-state index contributed by atoms with van der Waals surface area (Å²) >= 11 is 0. The highest BCUT2D eigenvalue weighted by Gasteiger charge is 2.19. The second-order valence-corrected chi connectivity index (χ2v) is 4.00. The molecule has 1 heterocycles. The van der Waals surface area contributed by atoms with Gasteiger partial charge >= 0.3 is 12.1 Å². The van der Waals surface area contributed by atoms with Crippen LogP contribution in [0.1, 0.15) is 20.8 Å². The Hall–Kier alpha value is -2.38.